The van der Waals surface area contributed by atoms with Crippen LogP contribution < -0.4 is 19.5 Å². The van der Waals surface area contributed by atoms with Crippen molar-refractivity contribution in [1.82, 2.24) is 14.8 Å². The van der Waals surface area contributed by atoms with Crippen LogP contribution in [-0.4, -0.2) is 40.6 Å². The van der Waals surface area contributed by atoms with Crippen LogP contribution in [-0.2, 0) is 4.79 Å². The minimum atomic E-state index is -0.538. The fourth-order valence-corrected chi connectivity index (χ4v) is 4.03. The number of amides is 1. The highest BCUT2D eigenvalue weighted by atomic mass is 32.2. The first kappa shape index (κ1) is 24.4. The molecule has 3 aromatic rings. The van der Waals surface area contributed by atoms with Gasteiger partial charge in [0.15, 0.2) is 28.7 Å². The predicted molar refractivity (Wildman–Crippen MR) is 125 cm³/mol. The molecule has 176 valence electrons. The first-order chi connectivity index (χ1) is 15.8. The summed E-state index contributed by atoms with van der Waals surface area (Å²) in [5, 5.41) is 11.9. The summed E-state index contributed by atoms with van der Waals surface area (Å²) in [6.07, 6.45) is -0.538. The Balaban J connectivity index is 1.70. The van der Waals surface area contributed by atoms with Crippen LogP contribution in [0.4, 0.5) is 10.1 Å². The Labute approximate surface area is 196 Å². The van der Waals surface area contributed by atoms with Gasteiger partial charge >= 0.3 is 0 Å². The number of rotatable bonds is 10. The number of hydrogen-bond donors (Lipinski definition) is 1. The molecule has 0 aliphatic rings. The van der Waals surface area contributed by atoms with E-state index in [1.54, 1.807) is 50.4 Å². The van der Waals surface area contributed by atoms with Crippen molar-refractivity contribution in [3.05, 3.63) is 54.1 Å². The zero-order valence-electron chi connectivity index (χ0n) is 19.2. The van der Waals surface area contributed by atoms with E-state index in [2.05, 4.69) is 15.5 Å². The molecule has 1 heterocycles. The molecule has 1 amide bonds. The van der Waals surface area contributed by atoms with Gasteiger partial charge in [-0.2, -0.15) is 0 Å². The van der Waals surface area contributed by atoms with Crippen LogP contribution in [0.3, 0.4) is 0 Å². The smallest absolute Gasteiger partial charge is 0.234 e. The molecule has 0 bridgehead atoms. The summed E-state index contributed by atoms with van der Waals surface area (Å²) in [5.41, 5.74) is 0.543. The van der Waals surface area contributed by atoms with Crippen LogP contribution in [0.25, 0.3) is 0 Å². The van der Waals surface area contributed by atoms with Crippen molar-refractivity contribution in [1.29, 1.82) is 0 Å². The fourth-order valence-electron chi connectivity index (χ4n) is 3.15. The van der Waals surface area contributed by atoms with Crippen molar-refractivity contribution in [2.75, 3.05) is 25.3 Å². The van der Waals surface area contributed by atoms with E-state index in [1.807, 2.05) is 18.4 Å². The topological polar surface area (TPSA) is 87.5 Å². The minimum Gasteiger partial charge on any atom is -0.497 e. The zero-order valence-corrected chi connectivity index (χ0v) is 20.0. The van der Waals surface area contributed by atoms with Gasteiger partial charge in [-0.15, -0.1) is 10.2 Å². The van der Waals surface area contributed by atoms with Gasteiger partial charge in [0.1, 0.15) is 11.5 Å². The maximum atomic E-state index is 14.0. The quantitative estimate of drug-likeness (QED) is 0.419. The highest BCUT2D eigenvalue weighted by molar-refractivity contribution is 7.99. The van der Waals surface area contributed by atoms with Crippen molar-refractivity contribution in [3.63, 3.8) is 0 Å². The number of ether oxygens (including phenoxy) is 3. The number of halogens is 1. The Kier molecular flexibility index (Phi) is 8.16. The fraction of sp³-hybridized carbons (Fsp3) is 0.348. The molecule has 0 saturated carbocycles. The molecule has 1 aromatic heterocycles. The predicted octanol–water partition coefficient (Wildman–Crippen LogP) is 4.89. The third kappa shape index (κ3) is 5.95. The van der Waals surface area contributed by atoms with Gasteiger partial charge in [-0.1, -0.05) is 23.9 Å². The number of hydrogen-bond acceptors (Lipinski definition) is 7. The van der Waals surface area contributed by atoms with Crippen LogP contribution in [0, 0.1) is 5.82 Å². The van der Waals surface area contributed by atoms with Crippen LogP contribution in [0.15, 0.2) is 47.6 Å². The van der Waals surface area contributed by atoms with Crippen LogP contribution >= 0.6 is 11.8 Å². The van der Waals surface area contributed by atoms with E-state index < -0.39 is 11.9 Å². The second kappa shape index (κ2) is 11.0. The van der Waals surface area contributed by atoms with Gasteiger partial charge in [-0.25, -0.2) is 4.39 Å². The minimum absolute atomic E-state index is 0.00825. The maximum absolute atomic E-state index is 14.0. The maximum Gasteiger partial charge on any atom is 0.234 e. The van der Waals surface area contributed by atoms with Crippen molar-refractivity contribution < 1.29 is 23.4 Å². The first-order valence-electron chi connectivity index (χ1n) is 10.3. The lowest BCUT2D eigenvalue weighted by molar-refractivity contribution is -0.113. The van der Waals surface area contributed by atoms with E-state index in [9.17, 15) is 9.18 Å². The highest BCUT2D eigenvalue weighted by Gasteiger charge is 2.23. The molecule has 10 heteroatoms. The van der Waals surface area contributed by atoms with Crippen molar-refractivity contribution >= 4 is 23.4 Å². The molecular weight excluding hydrogens is 447 g/mol. The summed E-state index contributed by atoms with van der Waals surface area (Å²) < 4.78 is 32.1. The van der Waals surface area contributed by atoms with Gasteiger partial charge in [0.05, 0.1) is 25.7 Å². The monoisotopic (exact) mass is 474 g/mol. The Hall–Kier alpha value is -3.27. The Bertz CT molecular complexity index is 1110. The number of carbonyl (C=O) groups excluding carboxylic acids is 1. The average Bonchev–Trinajstić information content (AvgIpc) is 3.24. The normalized spacial score (nSPS) is 11.8. The molecule has 1 atom stereocenters. The van der Waals surface area contributed by atoms with Gasteiger partial charge in [-0.05, 0) is 45.0 Å². The summed E-state index contributed by atoms with van der Waals surface area (Å²) in [5.74, 6) is 1.27. The van der Waals surface area contributed by atoms with Gasteiger partial charge in [-0.3, -0.25) is 4.79 Å². The summed E-state index contributed by atoms with van der Waals surface area (Å²) in [6, 6.07) is 11.4. The Morgan fingerprint density at radius 3 is 2.52 bits per heavy atom. The van der Waals surface area contributed by atoms with Crippen LogP contribution in [0.5, 0.6) is 17.2 Å². The lowest BCUT2D eigenvalue weighted by Gasteiger charge is -2.19. The number of carbonyl (C=O) groups is 1. The Morgan fingerprint density at radius 2 is 1.85 bits per heavy atom. The molecule has 3 rings (SSSR count). The summed E-state index contributed by atoms with van der Waals surface area (Å²) in [7, 11) is 3.08. The first-order valence-corrected chi connectivity index (χ1v) is 11.3. The van der Waals surface area contributed by atoms with E-state index in [1.165, 1.54) is 24.9 Å². The summed E-state index contributed by atoms with van der Waals surface area (Å²) >= 11 is 1.25. The summed E-state index contributed by atoms with van der Waals surface area (Å²) in [4.78, 5) is 12.6. The second-order valence-electron chi connectivity index (χ2n) is 7.40. The largest absolute Gasteiger partial charge is 0.497 e. The molecule has 0 saturated heterocycles. The molecular formula is C23H27FN4O4S. The molecule has 8 nitrogen and oxygen atoms in total. The number of aromatic nitrogens is 3. The number of nitrogens with zero attached hydrogens (tertiary/aromatic N) is 3. The van der Waals surface area contributed by atoms with E-state index in [0.717, 1.165) is 0 Å². The molecule has 0 fully saturated rings. The van der Waals surface area contributed by atoms with Gasteiger partial charge < -0.3 is 24.1 Å². The van der Waals surface area contributed by atoms with Gasteiger partial charge in [0, 0.05) is 12.1 Å². The van der Waals surface area contributed by atoms with Crippen molar-refractivity contribution in [3.8, 4) is 17.2 Å². The second-order valence-corrected chi connectivity index (χ2v) is 8.34. The third-order valence-corrected chi connectivity index (χ3v) is 5.67. The lowest BCUT2D eigenvalue weighted by atomic mass is 10.2. The number of para-hydroxylation sites is 1. The SMILES string of the molecule is COc1ccc(NC(=O)CSc2nnc(C(C)Oc3ccccc3F)n2C(C)C)c(OC)c1. The molecule has 0 radical (unpaired) electrons. The van der Waals surface area contributed by atoms with E-state index in [0.29, 0.717) is 28.2 Å². The molecule has 0 spiro atoms. The van der Waals surface area contributed by atoms with Crippen LogP contribution in [0.2, 0.25) is 0 Å². The average molecular weight is 475 g/mol. The molecule has 33 heavy (non-hydrogen) atoms. The summed E-state index contributed by atoms with van der Waals surface area (Å²) in [6.45, 7) is 5.75. The highest BCUT2D eigenvalue weighted by Crippen LogP contribution is 2.31. The zero-order chi connectivity index (χ0) is 24.0. The number of nitrogens with one attached hydrogen (secondary N) is 1. The van der Waals surface area contributed by atoms with Gasteiger partial charge in [0.25, 0.3) is 0 Å². The van der Waals surface area contributed by atoms with Crippen molar-refractivity contribution in [2.24, 2.45) is 0 Å². The van der Waals surface area contributed by atoms with E-state index >= 15 is 0 Å². The molecule has 1 unspecified atom stereocenters. The molecule has 2 aromatic carbocycles. The van der Waals surface area contributed by atoms with Gasteiger partial charge in [0.2, 0.25) is 5.91 Å². The lowest BCUT2D eigenvalue weighted by Crippen LogP contribution is -2.17. The van der Waals surface area contributed by atoms with E-state index in [4.69, 9.17) is 14.2 Å². The van der Waals surface area contributed by atoms with Crippen molar-refractivity contribution in [2.45, 2.75) is 38.1 Å². The number of thioether (sulfide) groups is 1. The van der Waals surface area contributed by atoms with Crippen LogP contribution in [0.1, 0.15) is 38.7 Å². The third-order valence-electron chi connectivity index (χ3n) is 4.73. The number of benzene rings is 2. The molecule has 0 aliphatic carbocycles. The Morgan fingerprint density at radius 1 is 1.09 bits per heavy atom. The van der Waals surface area contributed by atoms with E-state index in [-0.39, 0.29) is 23.5 Å². The number of anilines is 1. The number of methoxy groups -OCH3 is 2. The molecule has 1 N–H and O–H groups in total. The standard InChI is InChI=1S/C23H27FN4O4S/c1-14(2)28-22(15(3)32-19-9-7-6-8-17(19)24)26-27-23(28)33-13-21(29)25-18-11-10-16(30-4)12-20(18)31-5/h6-12,14-15H,13H2,1-5H3,(H,25,29). The molecule has 0 aliphatic heterocycles.